The molecule has 3 aromatic rings. The number of nitrogens with zero attached hydrogens (tertiary/aromatic N) is 3. The smallest absolute Gasteiger partial charge is 0.278 e. The van der Waals surface area contributed by atoms with Gasteiger partial charge in [0.05, 0.1) is 6.54 Å². The van der Waals surface area contributed by atoms with Crippen molar-refractivity contribution in [3.05, 3.63) is 86.8 Å². The predicted molar refractivity (Wildman–Crippen MR) is 120 cm³/mol. The Morgan fingerprint density at radius 1 is 1.13 bits per heavy atom. The second-order valence-corrected chi connectivity index (χ2v) is 7.81. The van der Waals surface area contributed by atoms with E-state index < -0.39 is 0 Å². The molecule has 1 N–H and O–H groups in total. The van der Waals surface area contributed by atoms with Gasteiger partial charge in [-0.15, -0.1) is 0 Å². The van der Waals surface area contributed by atoms with Gasteiger partial charge in [0.25, 0.3) is 11.5 Å². The first kappa shape index (κ1) is 20.8. The van der Waals surface area contributed by atoms with Crippen LogP contribution in [-0.2, 0) is 17.8 Å². The minimum Gasteiger partial charge on any atom is -0.326 e. The van der Waals surface area contributed by atoms with E-state index in [-0.39, 0.29) is 36.0 Å². The Labute approximate surface area is 184 Å². The molecule has 158 valence electrons. The van der Waals surface area contributed by atoms with Crippen molar-refractivity contribution in [1.29, 1.82) is 0 Å². The number of hydrogen-bond donors (Lipinski definition) is 1. The number of fused-ring (bicyclic) bond motifs is 1. The fourth-order valence-electron chi connectivity index (χ4n) is 3.56. The van der Waals surface area contributed by atoms with Crippen LogP contribution < -0.4 is 15.8 Å². The number of carbonyl (C=O) groups excluding carboxylic acids is 2. The Morgan fingerprint density at radius 2 is 1.94 bits per heavy atom. The number of hydrogen-bond acceptors (Lipinski definition) is 4. The van der Waals surface area contributed by atoms with Gasteiger partial charge in [-0.1, -0.05) is 35.9 Å². The molecule has 0 bridgehead atoms. The van der Waals surface area contributed by atoms with E-state index in [1.807, 2.05) is 37.3 Å². The third-order valence-electron chi connectivity index (χ3n) is 5.24. The highest BCUT2D eigenvalue weighted by Crippen LogP contribution is 2.28. The molecular formula is C23H21ClN4O3. The van der Waals surface area contributed by atoms with Crippen molar-refractivity contribution in [2.24, 2.45) is 0 Å². The second-order valence-electron chi connectivity index (χ2n) is 7.37. The van der Waals surface area contributed by atoms with Gasteiger partial charge in [0, 0.05) is 35.4 Å². The van der Waals surface area contributed by atoms with Gasteiger partial charge in [0.1, 0.15) is 5.69 Å². The molecule has 4 rings (SSSR count). The molecule has 0 aliphatic carbocycles. The number of carbonyl (C=O) groups is 2. The summed E-state index contributed by atoms with van der Waals surface area (Å²) in [4.78, 5) is 39.2. The monoisotopic (exact) mass is 436 g/mol. The Hall–Kier alpha value is -3.45. The standard InChI is InChI=1S/C23H21ClN4O3/c1-15-6-7-17(24)14-19(15)25-21(29)11-13-28-22(30)9-8-18(26-28)23(31)27-12-10-16-4-2-3-5-20(16)27/h2-9,14H,10-13H2,1H3,(H,25,29). The molecule has 0 saturated heterocycles. The Kier molecular flexibility index (Phi) is 5.86. The molecule has 1 aromatic heterocycles. The van der Waals surface area contributed by atoms with Crippen molar-refractivity contribution < 1.29 is 9.59 Å². The first-order valence-electron chi connectivity index (χ1n) is 9.96. The number of halogens is 1. The van der Waals surface area contributed by atoms with Gasteiger partial charge in [0.2, 0.25) is 5.91 Å². The lowest BCUT2D eigenvalue weighted by molar-refractivity contribution is -0.116. The van der Waals surface area contributed by atoms with E-state index in [0.29, 0.717) is 17.3 Å². The fraction of sp³-hybridized carbons (Fsp3) is 0.217. The van der Waals surface area contributed by atoms with Gasteiger partial charge in [0.15, 0.2) is 0 Å². The Bertz CT molecular complexity index is 1220. The van der Waals surface area contributed by atoms with E-state index in [2.05, 4.69) is 10.4 Å². The largest absolute Gasteiger partial charge is 0.326 e. The average molecular weight is 437 g/mol. The fourth-order valence-corrected chi connectivity index (χ4v) is 3.73. The molecule has 0 atom stereocenters. The summed E-state index contributed by atoms with van der Waals surface area (Å²) < 4.78 is 1.15. The van der Waals surface area contributed by atoms with Crippen LogP contribution in [0.1, 0.15) is 28.0 Å². The van der Waals surface area contributed by atoms with Crippen molar-refractivity contribution in [2.75, 3.05) is 16.8 Å². The van der Waals surface area contributed by atoms with E-state index >= 15 is 0 Å². The Balaban J connectivity index is 1.46. The van der Waals surface area contributed by atoms with Crippen LogP contribution in [0.25, 0.3) is 0 Å². The number of rotatable bonds is 5. The van der Waals surface area contributed by atoms with Crippen LogP contribution in [0.2, 0.25) is 5.02 Å². The summed E-state index contributed by atoms with van der Waals surface area (Å²) in [6.45, 7) is 2.49. The highest BCUT2D eigenvalue weighted by atomic mass is 35.5. The van der Waals surface area contributed by atoms with E-state index in [4.69, 9.17) is 11.6 Å². The van der Waals surface area contributed by atoms with Gasteiger partial charge in [-0.2, -0.15) is 5.10 Å². The maximum Gasteiger partial charge on any atom is 0.278 e. The molecule has 2 amide bonds. The Morgan fingerprint density at radius 3 is 2.77 bits per heavy atom. The van der Waals surface area contributed by atoms with Crippen molar-refractivity contribution in [3.63, 3.8) is 0 Å². The van der Waals surface area contributed by atoms with Crippen LogP contribution in [0, 0.1) is 6.92 Å². The summed E-state index contributed by atoms with van der Waals surface area (Å²) in [6.07, 6.45) is 0.813. The number of nitrogens with one attached hydrogen (secondary N) is 1. The summed E-state index contributed by atoms with van der Waals surface area (Å²) in [6, 6.07) is 15.7. The van der Waals surface area contributed by atoms with Crippen LogP contribution >= 0.6 is 11.6 Å². The lowest BCUT2D eigenvalue weighted by Gasteiger charge is -2.17. The highest BCUT2D eigenvalue weighted by molar-refractivity contribution is 6.31. The van der Waals surface area contributed by atoms with Crippen molar-refractivity contribution >= 4 is 34.8 Å². The molecular weight excluding hydrogens is 416 g/mol. The zero-order valence-electron chi connectivity index (χ0n) is 17.0. The normalized spacial score (nSPS) is 12.5. The third-order valence-corrected chi connectivity index (χ3v) is 5.48. The van der Waals surface area contributed by atoms with E-state index in [0.717, 1.165) is 27.9 Å². The minimum absolute atomic E-state index is 0.0308. The predicted octanol–water partition coefficient (Wildman–Crippen LogP) is 3.44. The van der Waals surface area contributed by atoms with Crippen molar-refractivity contribution in [3.8, 4) is 0 Å². The second kappa shape index (κ2) is 8.73. The molecule has 1 aliphatic rings. The first-order chi connectivity index (χ1) is 14.9. The van der Waals surface area contributed by atoms with Crippen molar-refractivity contribution in [1.82, 2.24) is 9.78 Å². The SMILES string of the molecule is Cc1ccc(Cl)cc1NC(=O)CCn1nc(C(=O)N2CCc3ccccc32)ccc1=O. The average Bonchev–Trinajstić information content (AvgIpc) is 3.19. The topological polar surface area (TPSA) is 84.3 Å². The minimum atomic E-state index is -0.370. The van der Waals surface area contributed by atoms with Crippen LogP contribution in [0.3, 0.4) is 0 Å². The van der Waals surface area contributed by atoms with Crippen molar-refractivity contribution in [2.45, 2.75) is 26.3 Å². The van der Waals surface area contributed by atoms with Crippen LogP contribution in [0.5, 0.6) is 0 Å². The van der Waals surface area contributed by atoms with E-state index in [1.54, 1.807) is 17.0 Å². The maximum atomic E-state index is 13.0. The molecule has 0 unspecified atom stereocenters. The zero-order valence-corrected chi connectivity index (χ0v) is 17.7. The number of benzene rings is 2. The van der Waals surface area contributed by atoms with E-state index in [9.17, 15) is 14.4 Å². The van der Waals surface area contributed by atoms with Gasteiger partial charge < -0.3 is 10.2 Å². The lowest BCUT2D eigenvalue weighted by atomic mass is 10.2. The van der Waals surface area contributed by atoms with Crippen LogP contribution in [-0.4, -0.2) is 28.1 Å². The summed E-state index contributed by atoms with van der Waals surface area (Å²) in [5.41, 5.74) is 3.27. The highest BCUT2D eigenvalue weighted by Gasteiger charge is 2.26. The summed E-state index contributed by atoms with van der Waals surface area (Å²) in [5.74, 6) is -0.540. The quantitative estimate of drug-likeness (QED) is 0.664. The molecule has 1 aliphatic heterocycles. The number of anilines is 2. The van der Waals surface area contributed by atoms with Gasteiger partial charge in [-0.3, -0.25) is 14.4 Å². The molecule has 2 aromatic carbocycles. The lowest BCUT2D eigenvalue weighted by Crippen LogP contribution is -2.33. The zero-order chi connectivity index (χ0) is 22.0. The molecule has 0 radical (unpaired) electrons. The number of aryl methyl sites for hydroxylation is 2. The maximum absolute atomic E-state index is 13.0. The summed E-state index contributed by atoms with van der Waals surface area (Å²) in [5, 5.41) is 7.53. The molecule has 8 heteroatoms. The molecule has 7 nitrogen and oxygen atoms in total. The molecule has 0 fully saturated rings. The first-order valence-corrected chi connectivity index (χ1v) is 10.3. The summed E-state index contributed by atoms with van der Waals surface area (Å²) in [7, 11) is 0. The van der Waals surface area contributed by atoms with E-state index in [1.165, 1.54) is 12.1 Å². The molecule has 0 spiro atoms. The van der Waals surface area contributed by atoms with Crippen LogP contribution in [0.4, 0.5) is 11.4 Å². The number of para-hydroxylation sites is 1. The van der Waals surface area contributed by atoms with Gasteiger partial charge in [-0.25, -0.2) is 4.68 Å². The third kappa shape index (κ3) is 4.51. The molecule has 31 heavy (non-hydrogen) atoms. The summed E-state index contributed by atoms with van der Waals surface area (Å²) >= 11 is 5.98. The number of amides is 2. The van der Waals surface area contributed by atoms with Crippen LogP contribution in [0.15, 0.2) is 59.4 Å². The molecule has 0 saturated carbocycles. The van der Waals surface area contributed by atoms with Gasteiger partial charge in [-0.05, 0) is 48.7 Å². The number of aromatic nitrogens is 2. The molecule has 2 heterocycles. The van der Waals surface area contributed by atoms with Gasteiger partial charge >= 0.3 is 0 Å².